The van der Waals surface area contributed by atoms with E-state index in [4.69, 9.17) is 10.4 Å². The van der Waals surface area contributed by atoms with Crippen LogP contribution in [-0.4, -0.2) is 35.5 Å². The summed E-state index contributed by atoms with van der Waals surface area (Å²) < 4.78 is 0. The maximum Gasteiger partial charge on any atom is 0.335 e. The molecule has 1 aliphatic heterocycles. The number of imide groups is 1. The summed E-state index contributed by atoms with van der Waals surface area (Å²) in [6, 6.07) is 5.27. The minimum absolute atomic E-state index is 0.0225. The molecular formula is C13H11N3O4. The number of rotatable bonds is 2. The number of nitrogens with zero attached hydrogens (tertiary/aromatic N) is 2. The third-order valence-electron chi connectivity index (χ3n) is 3.10. The molecule has 0 aliphatic carbocycles. The van der Waals surface area contributed by atoms with Gasteiger partial charge in [0.2, 0.25) is 11.8 Å². The average molecular weight is 273 g/mol. The first-order valence-electron chi connectivity index (χ1n) is 5.82. The van der Waals surface area contributed by atoms with Crippen molar-refractivity contribution < 1.29 is 19.5 Å². The molecule has 102 valence electrons. The van der Waals surface area contributed by atoms with Gasteiger partial charge >= 0.3 is 5.97 Å². The van der Waals surface area contributed by atoms with E-state index in [1.54, 1.807) is 6.92 Å². The molecule has 0 aromatic heterocycles. The summed E-state index contributed by atoms with van der Waals surface area (Å²) in [5.74, 6) is -2.06. The third kappa shape index (κ3) is 2.31. The zero-order chi connectivity index (χ0) is 14.9. The van der Waals surface area contributed by atoms with Gasteiger partial charge in [-0.1, -0.05) is 0 Å². The van der Waals surface area contributed by atoms with Crippen molar-refractivity contribution in [2.75, 3.05) is 11.4 Å². The number of aromatic carboxylic acids is 1. The minimum Gasteiger partial charge on any atom is -0.478 e. The Morgan fingerprint density at radius 1 is 1.50 bits per heavy atom. The number of benzene rings is 1. The second-order valence-corrected chi connectivity index (χ2v) is 4.37. The third-order valence-corrected chi connectivity index (χ3v) is 3.10. The summed E-state index contributed by atoms with van der Waals surface area (Å²) in [7, 11) is 0. The molecule has 20 heavy (non-hydrogen) atoms. The Kier molecular flexibility index (Phi) is 3.39. The van der Waals surface area contributed by atoms with Crippen molar-refractivity contribution in [3.05, 3.63) is 29.3 Å². The van der Waals surface area contributed by atoms with Crippen LogP contribution in [0.4, 0.5) is 5.69 Å². The van der Waals surface area contributed by atoms with E-state index in [0.29, 0.717) is 5.69 Å². The van der Waals surface area contributed by atoms with Gasteiger partial charge in [0.15, 0.2) is 0 Å². The van der Waals surface area contributed by atoms with Crippen molar-refractivity contribution in [2.24, 2.45) is 0 Å². The molecule has 2 N–H and O–H groups in total. The second kappa shape index (κ2) is 5.01. The molecule has 0 bridgehead atoms. The van der Waals surface area contributed by atoms with E-state index in [9.17, 15) is 14.4 Å². The van der Waals surface area contributed by atoms with Crippen molar-refractivity contribution in [2.45, 2.75) is 13.0 Å². The highest BCUT2D eigenvalue weighted by atomic mass is 16.4. The fraction of sp³-hybridized carbons (Fsp3) is 0.231. The van der Waals surface area contributed by atoms with Gasteiger partial charge < -0.3 is 10.0 Å². The molecule has 1 aromatic carbocycles. The highest BCUT2D eigenvalue weighted by molar-refractivity contribution is 6.04. The Labute approximate surface area is 114 Å². The van der Waals surface area contributed by atoms with Crippen LogP contribution in [-0.2, 0) is 9.59 Å². The van der Waals surface area contributed by atoms with Crippen LogP contribution < -0.4 is 10.2 Å². The van der Waals surface area contributed by atoms with Gasteiger partial charge in [-0.15, -0.1) is 0 Å². The number of hydrogen-bond acceptors (Lipinski definition) is 5. The number of hydrogen-bond donors (Lipinski definition) is 2. The molecule has 1 heterocycles. The standard InChI is InChI=1S/C13H11N3O4/c1-7-12(18)15-11(17)6-16(7)10-3-2-8(13(19)20)4-9(10)5-14/h2-4,7H,6H2,1H3,(H,19,20)(H,15,17,18). The minimum atomic E-state index is -1.14. The van der Waals surface area contributed by atoms with E-state index in [2.05, 4.69) is 5.32 Å². The summed E-state index contributed by atoms with van der Waals surface area (Å²) in [6.07, 6.45) is 0. The highest BCUT2D eigenvalue weighted by Gasteiger charge is 2.31. The molecule has 1 atom stereocenters. The maximum atomic E-state index is 11.6. The molecule has 1 saturated heterocycles. The Balaban J connectivity index is 2.46. The highest BCUT2D eigenvalue weighted by Crippen LogP contribution is 2.24. The first-order chi connectivity index (χ1) is 9.43. The fourth-order valence-electron chi connectivity index (χ4n) is 2.02. The zero-order valence-corrected chi connectivity index (χ0v) is 10.6. The molecule has 1 aromatic rings. The first-order valence-corrected chi connectivity index (χ1v) is 5.82. The number of amides is 2. The number of carboxylic acids is 1. The predicted octanol–water partition coefficient (Wildman–Crippen LogP) is 0.108. The molecule has 7 heteroatoms. The van der Waals surface area contributed by atoms with Crippen LogP contribution in [0.15, 0.2) is 18.2 Å². The van der Waals surface area contributed by atoms with Gasteiger partial charge in [0.05, 0.1) is 23.4 Å². The van der Waals surface area contributed by atoms with Crippen LogP contribution in [0.25, 0.3) is 0 Å². The van der Waals surface area contributed by atoms with E-state index in [-0.39, 0.29) is 17.7 Å². The van der Waals surface area contributed by atoms with E-state index in [1.807, 2.05) is 6.07 Å². The van der Waals surface area contributed by atoms with E-state index < -0.39 is 23.8 Å². The molecular weight excluding hydrogens is 262 g/mol. The second-order valence-electron chi connectivity index (χ2n) is 4.37. The monoisotopic (exact) mass is 273 g/mol. The number of piperazine rings is 1. The number of nitriles is 1. The lowest BCUT2D eigenvalue weighted by Gasteiger charge is -2.34. The van der Waals surface area contributed by atoms with E-state index >= 15 is 0 Å². The van der Waals surface area contributed by atoms with Crippen LogP contribution in [0.5, 0.6) is 0 Å². The number of carbonyl (C=O) groups is 3. The molecule has 0 saturated carbocycles. The van der Waals surface area contributed by atoms with Gasteiger partial charge in [0.25, 0.3) is 0 Å². The molecule has 1 aliphatic rings. The van der Waals surface area contributed by atoms with Gasteiger partial charge in [-0.2, -0.15) is 5.26 Å². The van der Waals surface area contributed by atoms with Gasteiger partial charge in [-0.3, -0.25) is 14.9 Å². The Hall–Kier alpha value is -2.88. The van der Waals surface area contributed by atoms with Crippen LogP contribution in [0.2, 0.25) is 0 Å². The number of carbonyl (C=O) groups excluding carboxylic acids is 2. The summed E-state index contributed by atoms with van der Waals surface area (Å²) in [6.45, 7) is 1.54. The lowest BCUT2D eigenvalue weighted by molar-refractivity contribution is -0.132. The molecule has 0 radical (unpaired) electrons. The molecule has 0 spiro atoms. The van der Waals surface area contributed by atoms with Gasteiger partial charge in [0.1, 0.15) is 12.1 Å². The topological polar surface area (TPSA) is 110 Å². The van der Waals surface area contributed by atoms with E-state index in [1.165, 1.54) is 23.1 Å². The number of carboxylic acid groups (broad SMARTS) is 1. The lowest BCUT2D eigenvalue weighted by atomic mass is 10.1. The summed E-state index contributed by atoms with van der Waals surface area (Å²) in [4.78, 5) is 35.4. The summed E-state index contributed by atoms with van der Waals surface area (Å²) in [5, 5.41) is 20.2. The normalized spacial score (nSPS) is 18.4. The van der Waals surface area contributed by atoms with E-state index in [0.717, 1.165) is 0 Å². The molecule has 7 nitrogen and oxygen atoms in total. The summed E-state index contributed by atoms with van der Waals surface area (Å²) in [5.41, 5.74) is 0.457. The van der Waals surface area contributed by atoms with Crippen molar-refractivity contribution in [3.8, 4) is 6.07 Å². The van der Waals surface area contributed by atoms with Crippen molar-refractivity contribution >= 4 is 23.5 Å². The Bertz CT molecular complexity index is 648. The zero-order valence-electron chi connectivity index (χ0n) is 10.6. The molecule has 1 fully saturated rings. The molecule has 2 amide bonds. The Morgan fingerprint density at radius 3 is 2.80 bits per heavy atom. The first kappa shape index (κ1) is 13.5. The average Bonchev–Trinajstić information content (AvgIpc) is 2.42. The van der Waals surface area contributed by atoms with Crippen LogP contribution >= 0.6 is 0 Å². The Morgan fingerprint density at radius 2 is 2.20 bits per heavy atom. The number of nitrogens with one attached hydrogen (secondary N) is 1. The maximum absolute atomic E-state index is 11.6. The quantitative estimate of drug-likeness (QED) is 0.740. The van der Waals surface area contributed by atoms with Gasteiger partial charge in [-0.25, -0.2) is 4.79 Å². The molecule has 2 rings (SSSR count). The fourth-order valence-corrected chi connectivity index (χ4v) is 2.02. The van der Waals surface area contributed by atoms with Crippen LogP contribution in [0.3, 0.4) is 0 Å². The SMILES string of the molecule is CC1C(=O)NC(=O)CN1c1ccc(C(=O)O)cc1C#N. The van der Waals surface area contributed by atoms with Crippen molar-refractivity contribution in [1.82, 2.24) is 5.32 Å². The largest absolute Gasteiger partial charge is 0.478 e. The van der Waals surface area contributed by atoms with Crippen molar-refractivity contribution in [1.29, 1.82) is 5.26 Å². The smallest absolute Gasteiger partial charge is 0.335 e. The lowest BCUT2D eigenvalue weighted by Crippen LogP contribution is -2.57. The predicted molar refractivity (Wildman–Crippen MR) is 68.1 cm³/mol. The van der Waals surface area contributed by atoms with Gasteiger partial charge in [0, 0.05) is 0 Å². The van der Waals surface area contributed by atoms with Crippen molar-refractivity contribution in [3.63, 3.8) is 0 Å². The van der Waals surface area contributed by atoms with Crippen LogP contribution in [0, 0.1) is 11.3 Å². The van der Waals surface area contributed by atoms with Gasteiger partial charge in [-0.05, 0) is 25.1 Å². The molecule has 1 unspecified atom stereocenters. The van der Waals surface area contributed by atoms with Crippen LogP contribution in [0.1, 0.15) is 22.8 Å². The summed E-state index contributed by atoms with van der Waals surface area (Å²) >= 11 is 0. The number of anilines is 1.